The number of aromatic nitrogens is 1. The van der Waals surface area contributed by atoms with Crippen LogP contribution in [-0.2, 0) is 4.74 Å². The Labute approximate surface area is 167 Å². The molecule has 27 heavy (non-hydrogen) atoms. The molecule has 0 atom stereocenters. The first-order valence-electron chi connectivity index (χ1n) is 8.86. The number of ether oxygens (including phenoxy) is 2. The Morgan fingerprint density at radius 3 is 2.33 bits per heavy atom. The molecule has 1 aromatic heterocycles. The maximum absolute atomic E-state index is 12.7. The van der Waals surface area contributed by atoms with E-state index in [0.717, 1.165) is 0 Å². The molecule has 3 rings (SSSR count). The first-order valence-corrected chi connectivity index (χ1v) is 11.0. The van der Waals surface area contributed by atoms with E-state index < -0.39 is 5.97 Å². The summed E-state index contributed by atoms with van der Waals surface area (Å²) < 4.78 is 11.2. The second-order valence-electron chi connectivity index (χ2n) is 6.20. The molecule has 1 saturated heterocycles. The number of carbonyl (C=O) groups excluding carboxylic acids is 2. The van der Waals surface area contributed by atoms with E-state index in [0.29, 0.717) is 32.8 Å². The minimum absolute atomic E-state index is 0.128. The molecule has 0 unspecified atom stereocenters. The summed E-state index contributed by atoms with van der Waals surface area (Å²) in [6.45, 7) is 5.40. The molecular formula is C20H23NO4S2. The van der Waals surface area contributed by atoms with Crippen LogP contribution in [-0.4, -0.2) is 41.5 Å². The van der Waals surface area contributed by atoms with Gasteiger partial charge in [0.05, 0.1) is 22.3 Å². The van der Waals surface area contributed by atoms with Crippen LogP contribution in [0.1, 0.15) is 49.2 Å². The molecule has 0 spiro atoms. The van der Waals surface area contributed by atoms with Gasteiger partial charge in [-0.1, -0.05) is 12.1 Å². The molecule has 0 saturated carbocycles. The minimum atomic E-state index is -0.487. The van der Waals surface area contributed by atoms with Crippen molar-refractivity contribution in [3.8, 4) is 5.75 Å². The van der Waals surface area contributed by atoms with Gasteiger partial charge in [-0.3, -0.25) is 4.79 Å². The van der Waals surface area contributed by atoms with E-state index in [-0.39, 0.29) is 19.0 Å². The van der Waals surface area contributed by atoms with E-state index in [1.54, 1.807) is 20.8 Å². The van der Waals surface area contributed by atoms with E-state index >= 15 is 0 Å². The van der Waals surface area contributed by atoms with Crippen molar-refractivity contribution >= 4 is 35.3 Å². The van der Waals surface area contributed by atoms with Gasteiger partial charge in [0.15, 0.2) is 6.61 Å². The molecule has 0 aliphatic carbocycles. The number of H-pyrrole nitrogens is 1. The molecule has 5 nitrogen and oxygen atoms in total. The molecule has 144 valence electrons. The van der Waals surface area contributed by atoms with Crippen LogP contribution in [0.15, 0.2) is 24.3 Å². The minimum Gasteiger partial charge on any atom is -0.485 e. The van der Waals surface area contributed by atoms with Gasteiger partial charge in [-0.15, -0.1) is 23.5 Å². The van der Waals surface area contributed by atoms with Gasteiger partial charge in [0.25, 0.3) is 0 Å². The summed E-state index contributed by atoms with van der Waals surface area (Å²) in [6.07, 6.45) is 0. The van der Waals surface area contributed by atoms with Gasteiger partial charge in [-0.2, -0.15) is 0 Å². The van der Waals surface area contributed by atoms with Crippen molar-refractivity contribution in [2.45, 2.75) is 25.4 Å². The smallest absolute Gasteiger partial charge is 0.340 e. The molecule has 1 fully saturated rings. The summed E-state index contributed by atoms with van der Waals surface area (Å²) in [4.78, 5) is 28.0. The maximum Gasteiger partial charge on any atom is 0.340 e. The lowest BCUT2D eigenvalue weighted by molar-refractivity contribution is 0.0522. The second kappa shape index (κ2) is 8.89. The normalized spacial score (nSPS) is 14.3. The molecule has 0 amide bonds. The molecule has 2 aromatic rings. The van der Waals surface area contributed by atoms with Gasteiger partial charge in [0, 0.05) is 22.9 Å². The third-order valence-electron chi connectivity index (χ3n) is 4.28. The molecule has 1 aliphatic rings. The lowest BCUT2D eigenvalue weighted by Gasteiger charge is -2.10. The first kappa shape index (κ1) is 19.9. The summed E-state index contributed by atoms with van der Waals surface area (Å²) in [5.74, 6) is 2.27. The second-order valence-corrected chi connectivity index (χ2v) is 8.92. The Hall–Kier alpha value is -1.86. The largest absolute Gasteiger partial charge is 0.485 e. The van der Waals surface area contributed by atoms with Crippen molar-refractivity contribution in [3.05, 3.63) is 52.3 Å². The number of nitrogens with one attached hydrogen (secondary N) is 1. The highest BCUT2D eigenvalue weighted by molar-refractivity contribution is 8.19. The monoisotopic (exact) mass is 405 g/mol. The number of carbonyl (C=O) groups is 2. The third kappa shape index (κ3) is 4.52. The number of benzene rings is 1. The molecule has 1 aliphatic heterocycles. The number of hydrogen-bond donors (Lipinski definition) is 1. The zero-order valence-corrected chi connectivity index (χ0v) is 17.3. The van der Waals surface area contributed by atoms with Crippen molar-refractivity contribution in [3.63, 3.8) is 0 Å². The van der Waals surface area contributed by atoms with Crippen LogP contribution in [0, 0.1) is 13.8 Å². The highest BCUT2D eigenvalue weighted by atomic mass is 32.2. The number of rotatable bonds is 7. The van der Waals surface area contributed by atoms with Gasteiger partial charge in [0.2, 0.25) is 5.78 Å². The zero-order chi connectivity index (χ0) is 19.4. The lowest BCUT2D eigenvalue weighted by atomic mass is 10.1. The topological polar surface area (TPSA) is 68.4 Å². The van der Waals surface area contributed by atoms with Gasteiger partial charge in [-0.25, -0.2) is 4.79 Å². The Morgan fingerprint density at radius 1 is 1.07 bits per heavy atom. The number of ketones is 1. The average molecular weight is 406 g/mol. The van der Waals surface area contributed by atoms with Crippen LogP contribution in [0.5, 0.6) is 5.75 Å². The van der Waals surface area contributed by atoms with E-state index in [9.17, 15) is 9.59 Å². The fourth-order valence-corrected chi connectivity index (χ4v) is 5.94. The number of aromatic amines is 1. The summed E-state index contributed by atoms with van der Waals surface area (Å²) >= 11 is 3.90. The van der Waals surface area contributed by atoms with E-state index in [2.05, 4.69) is 4.98 Å². The maximum atomic E-state index is 12.7. The van der Waals surface area contributed by atoms with Crippen LogP contribution >= 0.6 is 23.5 Å². The molecule has 0 radical (unpaired) electrons. The highest BCUT2D eigenvalue weighted by Gasteiger charge is 2.25. The molecule has 7 heteroatoms. The third-order valence-corrected chi connectivity index (χ3v) is 7.38. The first-order chi connectivity index (χ1) is 13.0. The lowest BCUT2D eigenvalue weighted by Crippen LogP contribution is -2.17. The number of hydrogen-bond acceptors (Lipinski definition) is 6. The molecule has 1 aromatic carbocycles. The average Bonchev–Trinajstić information content (AvgIpc) is 3.28. The quantitative estimate of drug-likeness (QED) is 0.538. The SMILES string of the molecule is CCOC(=O)c1c(C)[nH]c(C)c1C(=O)COc1ccc(C2SCCS2)cc1. The predicted octanol–water partition coefficient (Wildman–Crippen LogP) is 4.55. The van der Waals surface area contributed by atoms with Crippen LogP contribution in [0.3, 0.4) is 0 Å². The van der Waals surface area contributed by atoms with Gasteiger partial charge >= 0.3 is 5.97 Å². The van der Waals surface area contributed by atoms with Crippen molar-refractivity contribution < 1.29 is 19.1 Å². The van der Waals surface area contributed by atoms with Gasteiger partial charge in [-0.05, 0) is 38.5 Å². The Morgan fingerprint density at radius 2 is 1.70 bits per heavy atom. The summed E-state index contributed by atoms with van der Waals surface area (Å²) in [5, 5.41) is 0. The van der Waals surface area contributed by atoms with Crippen LogP contribution in [0.4, 0.5) is 0 Å². The summed E-state index contributed by atoms with van der Waals surface area (Å²) in [7, 11) is 0. The van der Waals surface area contributed by atoms with Gasteiger partial charge in [0.1, 0.15) is 5.75 Å². The molecule has 0 bridgehead atoms. The highest BCUT2D eigenvalue weighted by Crippen LogP contribution is 2.45. The van der Waals surface area contributed by atoms with Crippen molar-refractivity contribution in [1.82, 2.24) is 4.98 Å². The number of esters is 1. The number of thioether (sulfide) groups is 2. The fraction of sp³-hybridized carbons (Fsp3) is 0.400. The standard InChI is InChI=1S/C20H23NO4S2/c1-4-24-19(23)18-13(3)21-12(2)17(18)16(22)11-25-15-7-5-14(6-8-15)20-26-9-10-27-20/h5-8,20-21H,4,9-11H2,1-3H3. The van der Waals surface area contributed by atoms with Crippen LogP contribution in [0.25, 0.3) is 0 Å². The Kier molecular flexibility index (Phi) is 6.55. The zero-order valence-electron chi connectivity index (χ0n) is 15.7. The van der Waals surface area contributed by atoms with E-state index in [1.807, 2.05) is 47.8 Å². The van der Waals surface area contributed by atoms with Crippen LogP contribution in [0.2, 0.25) is 0 Å². The van der Waals surface area contributed by atoms with Crippen LogP contribution < -0.4 is 4.74 Å². The van der Waals surface area contributed by atoms with Crippen molar-refractivity contribution in [1.29, 1.82) is 0 Å². The molecule has 2 heterocycles. The predicted molar refractivity (Wildman–Crippen MR) is 110 cm³/mol. The summed E-state index contributed by atoms with van der Waals surface area (Å²) in [6, 6.07) is 7.88. The Balaban J connectivity index is 1.68. The van der Waals surface area contributed by atoms with Crippen molar-refractivity contribution in [2.75, 3.05) is 24.7 Å². The van der Waals surface area contributed by atoms with E-state index in [4.69, 9.17) is 9.47 Å². The van der Waals surface area contributed by atoms with E-state index in [1.165, 1.54) is 17.1 Å². The number of aryl methyl sites for hydroxylation is 2. The molecule has 1 N–H and O–H groups in total. The van der Waals surface area contributed by atoms with Crippen molar-refractivity contribution in [2.24, 2.45) is 0 Å². The fourth-order valence-electron chi connectivity index (χ4n) is 3.08. The molecular weight excluding hydrogens is 382 g/mol. The Bertz CT molecular complexity index is 823. The summed E-state index contributed by atoms with van der Waals surface area (Å²) in [5.41, 5.74) is 3.19. The number of Topliss-reactive ketones (excluding diaryl/α,β-unsaturated/α-hetero) is 1. The van der Waals surface area contributed by atoms with Gasteiger partial charge < -0.3 is 14.5 Å².